The summed E-state index contributed by atoms with van der Waals surface area (Å²) >= 11 is 0. The number of carbonyl (C=O) groups is 1. The Morgan fingerprint density at radius 3 is 2.61 bits per heavy atom. The summed E-state index contributed by atoms with van der Waals surface area (Å²) in [6.45, 7) is 3.06. The van der Waals surface area contributed by atoms with E-state index in [1.165, 1.54) is 13.8 Å². The van der Waals surface area contributed by atoms with Gasteiger partial charge < -0.3 is 0 Å². The molecule has 1 amide bonds. The molecule has 0 radical (unpaired) electrons. The van der Waals surface area contributed by atoms with Crippen LogP contribution in [0.1, 0.15) is 48.7 Å². The Bertz CT molecular complexity index is 570. The fraction of sp³-hybridized carbons (Fsp3) is 0.636. The highest BCUT2D eigenvalue weighted by atomic mass is 32.2. The maximum absolute atomic E-state index is 12.0. The first-order chi connectivity index (χ1) is 8.31. The van der Waals surface area contributed by atoms with E-state index >= 15 is 0 Å². The van der Waals surface area contributed by atoms with Gasteiger partial charge in [-0.3, -0.25) is 9.48 Å². The van der Waals surface area contributed by atoms with Crippen LogP contribution >= 0.6 is 0 Å². The largest absolute Gasteiger partial charge is 0.275 e. The summed E-state index contributed by atoms with van der Waals surface area (Å²) in [4.78, 5) is 12.0. The number of amides is 1. The van der Waals surface area contributed by atoms with Crippen LogP contribution in [-0.4, -0.2) is 29.4 Å². The van der Waals surface area contributed by atoms with Gasteiger partial charge >= 0.3 is 0 Å². The summed E-state index contributed by atoms with van der Waals surface area (Å²) in [5.41, 5.74) is 1.07. The van der Waals surface area contributed by atoms with Crippen molar-refractivity contribution in [2.24, 2.45) is 7.05 Å². The molecular formula is C11H17N3O3S. The van der Waals surface area contributed by atoms with Gasteiger partial charge in [0.05, 0.1) is 16.5 Å². The van der Waals surface area contributed by atoms with E-state index in [-0.39, 0.29) is 0 Å². The third-order valence-electron chi connectivity index (χ3n) is 2.92. The van der Waals surface area contributed by atoms with E-state index in [9.17, 15) is 13.2 Å². The van der Waals surface area contributed by atoms with Crippen LogP contribution in [0.25, 0.3) is 0 Å². The summed E-state index contributed by atoms with van der Waals surface area (Å²) in [6, 6.07) is 0. The molecule has 0 unspecified atom stereocenters. The van der Waals surface area contributed by atoms with Gasteiger partial charge in [0.1, 0.15) is 0 Å². The van der Waals surface area contributed by atoms with Crippen LogP contribution in [0.3, 0.4) is 0 Å². The monoisotopic (exact) mass is 271 g/mol. The van der Waals surface area contributed by atoms with Crippen molar-refractivity contribution in [2.45, 2.75) is 37.9 Å². The fourth-order valence-electron chi connectivity index (χ4n) is 1.64. The van der Waals surface area contributed by atoms with Crippen molar-refractivity contribution < 1.29 is 13.2 Å². The second-order valence-electron chi connectivity index (χ2n) is 4.90. The van der Waals surface area contributed by atoms with Crippen LogP contribution in [-0.2, 0) is 17.1 Å². The zero-order valence-corrected chi connectivity index (χ0v) is 11.5. The molecule has 0 aromatic carbocycles. The lowest BCUT2D eigenvalue weighted by atomic mass is 10.2. The van der Waals surface area contributed by atoms with E-state index < -0.39 is 21.2 Å². The molecule has 7 heteroatoms. The Morgan fingerprint density at radius 1 is 1.50 bits per heavy atom. The van der Waals surface area contributed by atoms with Gasteiger partial charge in [-0.1, -0.05) is 0 Å². The number of nitrogens with one attached hydrogen (secondary N) is 1. The summed E-state index contributed by atoms with van der Waals surface area (Å²) < 4.78 is 27.0. The van der Waals surface area contributed by atoms with Crippen LogP contribution in [0, 0.1) is 0 Å². The molecule has 18 heavy (non-hydrogen) atoms. The average Bonchev–Trinajstić information content (AvgIpc) is 3.01. The predicted molar refractivity (Wildman–Crippen MR) is 66.7 cm³/mol. The highest BCUT2D eigenvalue weighted by molar-refractivity contribution is 7.90. The van der Waals surface area contributed by atoms with Crippen molar-refractivity contribution in [1.82, 2.24) is 14.5 Å². The number of hydrogen-bond donors (Lipinski definition) is 1. The fourth-order valence-corrected chi connectivity index (χ4v) is 2.25. The van der Waals surface area contributed by atoms with Crippen molar-refractivity contribution in [2.75, 3.05) is 0 Å². The third-order valence-corrected chi connectivity index (χ3v) is 4.63. The topological polar surface area (TPSA) is 81.1 Å². The lowest BCUT2D eigenvalue weighted by Crippen LogP contribution is -2.36. The van der Waals surface area contributed by atoms with Gasteiger partial charge in [-0.05, 0) is 26.7 Å². The standard InChI is InChI=1S/C11H17N3O3S/c1-7(2)18(16,17)13-11(15)9-6-14(3)12-10(9)8-4-5-8/h6-8H,4-5H2,1-3H3,(H,13,15). The Kier molecular flexibility index (Phi) is 3.18. The summed E-state index contributed by atoms with van der Waals surface area (Å²) in [5.74, 6) is -0.285. The summed E-state index contributed by atoms with van der Waals surface area (Å²) in [6.07, 6.45) is 3.58. The van der Waals surface area contributed by atoms with Gasteiger partial charge in [0, 0.05) is 19.2 Å². The van der Waals surface area contributed by atoms with Crippen molar-refractivity contribution >= 4 is 15.9 Å². The van der Waals surface area contributed by atoms with Gasteiger partial charge in [0.25, 0.3) is 5.91 Å². The second kappa shape index (κ2) is 4.38. The predicted octanol–water partition coefficient (Wildman–Crippen LogP) is 0.765. The lowest BCUT2D eigenvalue weighted by molar-refractivity contribution is 0.0980. The number of aryl methyl sites for hydroxylation is 1. The molecule has 100 valence electrons. The lowest BCUT2D eigenvalue weighted by Gasteiger charge is -2.09. The van der Waals surface area contributed by atoms with Crippen molar-refractivity contribution in [3.63, 3.8) is 0 Å². The van der Waals surface area contributed by atoms with Crippen LogP contribution in [0.4, 0.5) is 0 Å². The summed E-state index contributed by atoms with van der Waals surface area (Å²) in [7, 11) is -1.87. The highest BCUT2D eigenvalue weighted by Crippen LogP contribution is 2.40. The molecule has 0 aliphatic heterocycles. The van der Waals surface area contributed by atoms with Crippen molar-refractivity contribution in [3.05, 3.63) is 17.5 Å². The van der Waals surface area contributed by atoms with Gasteiger partial charge in [-0.2, -0.15) is 5.10 Å². The number of sulfonamides is 1. The number of aromatic nitrogens is 2. The molecule has 1 aliphatic carbocycles. The van der Waals surface area contributed by atoms with Crippen LogP contribution < -0.4 is 4.72 Å². The Hall–Kier alpha value is -1.37. The molecule has 0 atom stereocenters. The van der Waals surface area contributed by atoms with E-state index in [1.807, 2.05) is 0 Å². The number of hydrogen-bond acceptors (Lipinski definition) is 4. The molecule has 2 rings (SSSR count). The molecule has 1 fully saturated rings. The van der Waals surface area contributed by atoms with Crippen LogP contribution in [0.2, 0.25) is 0 Å². The molecule has 0 saturated heterocycles. The van der Waals surface area contributed by atoms with E-state index in [0.717, 1.165) is 12.8 Å². The molecule has 1 N–H and O–H groups in total. The minimum Gasteiger partial charge on any atom is -0.275 e. The van der Waals surface area contributed by atoms with Crippen LogP contribution in [0.15, 0.2) is 6.20 Å². The molecule has 1 aliphatic rings. The van der Waals surface area contributed by atoms with E-state index in [2.05, 4.69) is 9.82 Å². The molecule has 1 aromatic heterocycles. The minimum atomic E-state index is -3.59. The normalized spacial score (nSPS) is 16.0. The zero-order chi connectivity index (χ0) is 13.5. The minimum absolute atomic E-state index is 0.300. The maximum atomic E-state index is 12.0. The number of carbonyl (C=O) groups excluding carboxylic acids is 1. The Balaban J connectivity index is 2.24. The zero-order valence-electron chi connectivity index (χ0n) is 10.7. The first-order valence-electron chi connectivity index (χ1n) is 5.90. The van der Waals surface area contributed by atoms with Gasteiger partial charge in [-0.15, -0.1) is 0 Å². The number of rotatable bonds is 4. The molecule has 1 saturated carbocycles. The molecular weight excluding hydrogens is 254 g/mol. The first kappa shape index (κ1) is 13.1. The van der Waals surface area contributed by atoms with Gasteiger partial charge in [-0.25, -0.2) is 13.1 Å². The summed E-state index contributed by atoms with van der Waals surface area (Å²) in [5, 5.41) is 3.59. The third kappa shape index (κ3) is 2.55. The molecule has 1 aromatic rings. The van der Waals surface area contributed by atoms with Crippen molar-refractivity contribution in [1.29, 1.82) is 0 Å². The van der Waals surface area contributed by atoms with E-state index in [1.54, 1.807) is 17.9 Å². The van der Waals surface area contributed by atoms with Gasteiger partial charge in [0.2, 0.25) is 10.0 Å². The molecule has 0 bridgehead atoms. The number of nitrogens with zero attached hydrogens (tertiary/aromatic N) is 2. The van der Waals surface area contributed by atoms with Crippen molar-refractivity contribution in [3.8, 4) is 0 Å². The Morgan fingerprint density at radius 2 is 2.11 bits per heavy atom. The average molecular weight is 271 g/mol. The first-order valence-corrected chi connectivity index (χ1v) is 7.45. The highest BCUT2D eigenvalue weighted by Gasteiger charge is 2.32. The van der Waals surface area contributed by atoms with Gasteiger partial charge in [0.15, 0.2) is 0 Å². The van der Waals surface area contributed by atoms with Crippen LogP contribution in [0.5, 0.6) is 0 Å². The maximum Gasteiger partial charge on any atom is 0.268 e. The SMILES string of the molecule is CC(C)S(=O)(=O)NC(=O)c1cn(C)nc1C1CC1. The smallest absolute Gasteiger partial charge is 0.268 e. The van der Waals surface area contributed by atoms with E-state index in [4.69, 9.17) is 0 Å². The Labute approximate surface area is 106 Å². The molecule has 1 heterocycles. The van der Waals surface area contributed by atoms with E-state index in [0.29, 0.717) is 17.2 Å². The molecule has 0 spiro atoms. The second-order valence-corrected chi connectivity index (χ2v) is 7.14. The molecule has 6 nitrogen and oxygen atoms in total. The quantitative estimate of drug-likeness (QED) is 0.877.